The van der Waals surface area contributed by atoms with Crippen molar-refractivity contribution < 1.29 is 27.4 Å². The van der Waals surface area contributed by atoms with Gasteiger partial charge < -0.3 is 24.8 Å². The van der Waals surface area contributed by atoms with Crippen molar-refractivity contribution in [2.24, 2.45) is 0 Å². The van der Waals surface area contributed by atoms with Gasteiger partial charge in [0.25, 0.3) is 0 Å². The maximum atomic E-state index is 12.3. The number of pyridine rings is 3. The van der Waals surface area contributed by atoms with Crippen LogP contribution in [0.15, 0.2) is 47.8 Å². The number of aromatic nitrogens is 3. The number of hydrogen-bond acceptors (Lipinski definition) is 10. The standard InChI is InChI=1S/C24H29N5O6S/c1-15(34-4)13-35-18-8-23(29-24(9-18)36(5,31)32)28-21-10-22(27-16(2)30)26-12-19(21)20-7-6-17(11-25-20)14-33-3/h6-12,15H,13-14H2,1-5H3,(H2,26,27,28,29,30)/t15-/m1/s1. The Morgan fingerprint density at radius 1 is 1.08 bits per heavy atom. The van der Waals surface area contributed by atoms with Gasteiger partial charge in [-0.25, -0.2) is 18.4 Å². The highest BCUT2D eigenvalue weighted by Gasteiger charge is 2.16. The van der Waals surface area contributed by atoms with Crippen molar-refractivity contribution in [1.29, 1.82) is 0 Å². The van der Waals surface area contributed by atoms with E-state index in [9.17, 15) is 13.2 Å². The van der Waals surface area contributed by atoms with Gasteiger partial charge in [-0.05, 0) is 18.6 Å². The van der Waals surface area contributed by atoms with Crippen molar-refractivity contribution in [3.05, 3.63) is 48.3 Å². The lowest BCUT2D eigenvalue weighted by atomic mass is 10.1. The van der Waals surface area contributed by atoms with Crippen LogP contribution in [0.2, 0.25) is 0 Å². The minimum absolute atomic E-state index is 0.160. The van der Waals surface area contributed by atoms with Gasteiger partial charge in [-0.3, -0.25) is 9.78 Å². The van der Waals surface area contributed by atoms with Gasteiger partial charge in [0.1, 0.15) is 24.0 Å². The number of nitrogens with one attached hydrogen (secondary N) is 2. The molecule has 3 heterocycles. The minimum Gasteiger partial charge on any atom is -0.491 e. The molecule has 0 aliphatic heterocycles. The number of carbonyl (C=O) groups is 1. The Hall–Kier alpha value is -3.61. The van der Waals surface area contributed by atoms with Gasteiger partial charge in [-0.1, -0.05) is 6.07 Å². The maximum Gasteiger partial charge on any atom is 0.222 e. The first-order valence-corrected chi connectivity index (χ1v) is 12.8. The highest BCUT2D eigenvalue weighted by atomic mass is 32.2. The van der Waals surface area contributed by atoms with Crippen LogP contribution in [0.4, 0.5) is 17.3 Å². The Kier molecular flexibility index (Phi) is 8.91. The summed E-state index contributed by atoms with van der Waals surface area (Å²) < 4.78 is 40.6. The SMILES string of the molecule is COCc1ccc(-c2cnc(NC(C)=O)cc2Nc2cc(OC[C@@H](C)OC)cc(S(C)(=O)=O)n2)nc1. The third-order valence-corrected chi connectivity index (χ3v) is 5.89. The Bertz CT molecular complexity index is 1320. The molecule has 0 saturated heterocycles. The molecule has 2 N–H and O–H groups in total. The number of nitrogens with zero attached hydrogens (tertiary/aromatic N) is 3. The van der Waals surface area contributed by atoms with E-state index in [4.69, 9.17) is 14.2 Å². The molecule has 12 heteroatoms. The smallest absolute Gasteiger partial charge is 0.222 e. The summed E-state index contributed by atoms with van der Waals surface area (Å²) in [5.41, 5.74) is 2.60. The summed E-state index contributed by atoms with van der Waals surface area (Å²) in [5, 5.41) is 5.62. The Morgan fingerprint density at radius 2 is 1.86 bits per heavy atom. The van der Waals surface area contributed by atoms with Crippen LogP contribution in [0.3, 0.4) is 0 Å². The number of hydrogen-bond donors (Lipinski definition) is 2. The lowest BCUT2D eigenvalue weighted by molar-refractivity contribution is -0.114. The molecule has 0 aliphatic rings. The number of amides is 1. The van der Waals surface area contributed by atoms with Crippen molar-refractivity contribution in [1.82, 2.24) is 15.0 Å². The summed E-state index contributed by atoms with van der Waals surface area (Å²) in [4.78, 5) is 24.6. The molecular formula is C24H29N5O6S. The molecule has 0 unspecified atom stereocenters. The molecule has 3 rings (SSSR count). The zero-order chi connectivity index (χ0) is 26.3. The monoisotopic (exact) mass is 515 g/mol. The van der Waals surface area contributed by atoms with Gasteiger partial charge in [0, 0.05) is 63.6 Å². The van der Waals surface area contributed by atoms with Gasteiger partial charge in [-0.15, -0.1) is 0 Å². The third kappa shape index (κ3) is 7.44. The van der Waals surface area contributed by atoms with Crippen LogP contribution in [0.5, 0.6) is 5.75 Å². The highest BCUT2D eigenvalue weighted by molar-refractivity contribution is 7.90. The molecule has 0 saturated carbocycles. The van der Waals surface area contributed by atoms with E-state index in [1.54, 1.807) is 38.7 Å². The highest BCUT2D eigenvalue weighted by Crippen LogP contribution is 2.32. The van der Waals surface area contributed by atoms with Gasteiger partial charge in [0.05, 0.1) is 24.1 Å². The number of ether oxygens (including phenoxy) is 3. The maximum absolute atomic E-state index is 12.3. The van der Waals surface area contributed by atoms with Crippen LogP contribution < -0.4 is 15.4 Å². The molecule has 3 aromatic heterocycles. The number of sulfone groups is 1. The summed E-state index contributed by atoms with van der Waals surface area (Å²) in [5.74, 6) is 0.532. The summed E-state index contributed by atoms with van der Waals surface area (Å²) in [6, 6.07) is 8.24. The molecule has 1 atom stereocenters. The van der Waals surface area contributed by atoms with E-state index in [1.807, 2.05) is 19.1 Å². The van der Waals surface area contributed by atoms with E-state index in [1.165, 1.54) is 13.0 Å². The lowest BCUT2D eigenvalue weighted by Gasteiger charge is -2.16. The van der Waals surface area contributed by atoms with Gasteiger partial charge in [-0.2, -0.15) is 0 Å². The van der Waals surface area contributed by atoms with Crippen LogP contribution in [-0.4, -0.2) is 62.5 Å². The molecule has 192 valence electrons. The fourth-order valence-corrected chi connectivity index (χ4v) is 3.68. The molecular weight excluding hydrogens is 486 g/mol. The van der Waals surface area contributed by atoms with Gasteiger partial charge >= 0.3 is 0 Å². The molecule has 11 nitrogen and oxygen atoms in total. The molecule has 1 amide bonds. The molecule has 36 heavy (non-hydrogen) atoms. The number of methoxy groups -OCH3 is 2. The first kappa shape index (κ1) is 27.0. The van der Waals surface area contributed by atoms with Crippen molar-refractivity contribution in [3.8, 4) is 17.0 Å². The Morgan fingerprint density at radius 3 is 2.47 bits per heavy atom. The second kappa shape index (κ2) is 11.9. The summed E-state index contributed by atoms with van der Waals surface area (Å²) >= 11 is 0. The largest absolute Gasteiger partial charge is 0.491 e. The first-order chi connectivity index (χ1) is 17.1. The average molecular weight is 516 g/mol. The van der Waals surface area contributed by atoms with Crippen LogP contribution in [0.25, 0.3) is 11.3 Å². The number of anilines is 3. The zero-order valence-electron chi connectivity index (χ0n) is 20.7. The lowest BCUT2D eigenvalue weighted by Crippen LogP contribution is -2.16. The second-order valence-corrected chi connectivity index (χ2v) is 10.0. The summed E-state index contributed by atoms with van der Waals surface area (Å²) in [7, 11) is -0.475. The van der Waals surface area contributed by atoms with Crippen LogP contribution in [0, 0.1) is 0 Å². The topological polar surface area (TPSA) is 142 Å². The zero-order valence-corrected chi connectivity index (χ0v) is 21.5. The quantitative estimate of drug-likeness (QED) is 0.391. The van der Waals surface area contributed by atoms with E-state index in [0.717, 1.165) is 11.8 Å². The van der Waals surface area contributed by atoms with Crippen molar-refractivity contribution in [2.45, 2.75) is 31.6 Å². The van der Waals surface area contributed by atoms with E-state index in [2.05, 4.69) is 25.6 Å². The molecule has 3 aromatic rings. The number of rotatable bonds is 11. The van der Waals surface area contributed by atoms with Crippen LogP contribution >= 0.6 is 0 Å². The summed E-state index contributed by atoms with van der Waals surface area (Å²) in [6.07, 6.45) is 4.12. The minimum atomic E-state index is -3.64. The van der Waals surface area contributed by atoms with Crippen molar-refractivity contribution in [2.75, 3.05) is 37.7 Å². The van der Waals surface area contributed by atoms with Gasteiger partial charge in [0.2, 0.25) is 5.91 Å². The molecule has 0 fully saturated rings. The molecule has 0 spiro atoms. The van der Waals surface area contributed by atoms with Crippen molar-refractivity contribution in [3.63, 3.8) is 0 Å². The van der Waals surface area contributed by atoms with E-state index in [0.29, 0.717) is 35.1 Å². The predicted octanol–water partition coefficient (Wildman–Crippen LogP) is 3.20. The van der Waals surface area contributed by atoms with Crippen molar-refractivity contribution >= 4 is 33.1 Å². The predicted molar refractivity (Wildman–Crippen MR) is 135 cm³/mol. The third-order valence-electron chi connectivity index (χ3n) is 4.92. The van der Waals surface area contributed by atoms with E-state index in [-0.39, 0.29) is 29.5 Å². The fraction of sp³-hybridized carbons (Fsp3) is 0.333. The van der Waals surface area contributed by atoms with Crippen LogP contribution in [0.1, 0.15) is 19.4 Å². The Labute approximate surface area is 210 Å². The average Bonchev–Trinajstić information content (AvgIpc) is 2.82. The molecule has 0 aromatic carbocycles. The van der Waals surface area contributed by atoms with E-state index < -0.39 is 9.84 Å². The first-order valence-electron chi connectivity index (χ1n) is 11.0. The normalized spacial score (nSPS) is 12.1. The summed E-state index contributed by atoms with van der Waals surface area (Å²) in [6.45, 7) is 3.84. The van der Waals surface area contributed by atoms with E-state index >= 15 is 0 Å². The van der Waals surface area contributed by atoms with Gasteiger partial charge in [0.15, 0.2) is 14.9 Å². The molecule has 0 radical (unpaired) electrons. The second-order valence-electron chi connectivity index (χ2n) is 8.06. The Balaban J connectivity index is 2.05. The molecule has 0 aliphatic carbocycles. The molecule has 0 bridgehead atoms. The van der Waals surface area contributed by atoms with Crippen LogP contribution in [-0.2, 0) is 30.7 Å². The number of carbonyl (C=O) groups excluding carboxylic acids is 1. The fourth-order valence-electron chi connectivity index (χ4n) is 3.09.